The van der Waals surface area contributed by atoms with E-state index in [1.54, 1.807) is 0 Å². The van der Waals surface area contributed by atoms with Crippen LogP contribution in [0.3, 0.4) is 0 Å². The Morgan fingerprint density at radius 2 is 1.40 bits per heavy atom. The summed E-state index contributed by atoms with van der Waals surface area (Å²) in [5.41, 5.74) is 7.38. The van der Waals surface area contributed by atoms with Crippen LogP contribution in [0.1, 0.15) is 63.9 Å². The maximum absolute atomic E-state index is 12.8. The van der Waals surface area contributed by atoms with Crippen LogP contribution in [0.4, 0.5) is 0 Å². The third-order valence-electron chi connectivity index (χ3n) is 7.38. The molecule has 0 unspecified atom stereocenters. The summed E-state index contributed by atoms with van der Waals surface area (Å²) >= 11 is 0. The monoisotopic (exact) mass is 467 g/mol. The van der Waals surface area contributed by atoms with Gasteiger partial charge < -0.3 is 5.32 Å². The van der Waals surface area contributed by atoms with E-state index in [9.17, 15) is 4.79 Å². The van der Waals surface area contributed by atoms with E-state index < -0.39 is 0 Å². The van der Waals surface area contributed by atoms with Gasteiger partial charge in [-0.15, -0.1) is 0 Å². The van der Waals surface area contributed by atoms with E-state index in [4.69, 9.17) is 0 Å². The van der Waals surface area contributed by atoms with Crippen molar-refractivity contribution in [2.45, 2.75) is 58.3 Å². The second-order valence-corrected chi connectivity index (χ2v) is 10.1. The Hall–Kier alpha value is -2.95. The average Bonchev–Trinajstić information content (AvgIpc) is 3.16. The van der Waals surface area contributed by atoms with E-state index in [0.29, 0.717) is 6.54 Å². The van der Waals surface area contributed by atoms with Crippen LogP contribution in [0, 0.1) is 0 Å². The van der Waals surface area contributed by atoms with Gasteiger partial charge in [-0.1, -0.05) is 73.5 Å². The van der Waals surface area contributed by atoms with Crippen molar-refractivity contribution in [3.63, 3.8) is 0 Å². The van der Waals surface area contributed by atoms with E-state index >= 15 is 0 Å². The van der Waals surface area contributed by atoms with Crippen molar-refractivity contribution < 1.29 is 4.79 Å². The molecule has 1 N–H and O–H groups in total. The highest BCUT2D eigenvalue weighted by atomic mass is 16.1. The van der Waals surface area contributed by atoms with Gasteiger partial charge in [0.2, 0.25) is 0 Å². The summed E-state index contributed by atoms with van der Waals surface area (Å²) in [5.74, 6) is -0.0126. The highest BCUT2D eigenvalue weighted by molar-refractivity contribution is 5.94. The van der Waals surface area contributed by atoms with Gasteiger partial charge in [-0.3, -0.25) is 14.6 Å². The number of carbonyl (C=O) groups is 1. The lowest BCUT2D eigenvalue weighted by atomic mass is 9.99. The molecule has 3 aromatic carbocycles. The molecular weight excluding hydrogens is 430 g/mol. The van der Waals surface area contributed by atoms with Crippen LogP contribution in [0.25, 0.3) is 0 Å². The van der Waals surface area contributed by atoms with Gasteiger partial charge in [0.25, 0.3) is 5.91 Å². The summed E-state index contributed by atoms with van der Waals surface area (Å²) in [6.07, 6.45) is 6.43. The van der Waals surface area contributed by atoms with Crippen molar-refractivity contribution in [3.05, 3.63) is 106 Å². The molecule has 2 aliphatic heterocycles. The minimum absolute atomic E-state index is 0.0126. The largest absolute Gasteiger partial charge is 0.348 e. The van der Waals surface area contributed by atoms with Crippen molar-refractivity contribution in [1.82, 2.24) is 15.1 Å². The lowest BCUT2D eigenvalue weighted by Gasteiger charge is -2.28. The summed E-state index contributed by atoms with van der Waals surface area (Å²) in [5, 5.41) is 3.10. The first kappa shape index (κ1) is 23.8. The quantitative estimate of drug-likeness (QED) is 0.495. The smallest absolute Gasteiger partial charge is 0.251 e. The lowest BCUT2D eigenvalue weighted by molar-refractivity contribution is 0.0951. The van der Waals surface area contributed by atoms with Crippen molar-refractivity contribution in [2.75, 3.05) is 19.6 Å². The normalized spacial score (nSPS) is 16.9. The number of fused-ring (bicyclic) bond motifs is 1. The first-order chi connectivity index (χ1) is 17.2. The molecule has 35 heavy (non-hydrogen) atoms. The molecule has 0 aliphatic carbocycles. The molecule has 4 heteroatoms. The molecule has 0 saturated carbocycles. The first-order valence-electron chi connectivity index (χ1n) is 13.2. The minimum Gasteiger partial charge on any atom is -0.348 e. The van der Waals surface area contributed by atoms with E-state index in [2.05, 4.69) is 75.8 Å². The third kappa shape index (κ3) is 6.59. The Balaban J connectivity index is 1.12. The number of carbonyl (C=O) groups excluding carboxylic acids is 1. The Bertz CT molecular complexity index is 1120. The Kier molecular flexibility index (Phi) is 7.92. The number of likely N-dealkylation sites (tertiary alicyclic amines) is 1. The molecule has 2 aliphatic rings. The van der Waals surface area contributed by atoms with Gasteiger partial charge >= 0.3 is 0 Å². The fourth-order valence-electron chi connectivity index (χ4n) is 5.38. The van der Waals surface area contributed by atoms with E-state index in [0.717, 1.165) is 43.7 Å². The second kappa shape index (κ2) is 11.7. The molecular formula is C31H37N3O. The van der Waals surface area contributed by atoms with Gasteiger partial charge in [-0.25, -0.2) is 0 Å². The molecule has 0 aromatic heterocycles. The van der Waals surface area contributed by atoms with Gasteiger partial charge in [-0.05, 0) is 72.3 Å². The molecule has 0 spiro atoms. The summed E-state index contributed by atoms with van der Waals surface area (Å²) in [6.45, 7) is 6.95. The first-order valence-corrected chi connectivity index (χ1v) is 13.2. The molecule has 0 radical (unpaired) electrons. The van der Waals surface area contributed by atoms with Crippen LogP contribution in [0.5, 0.6) is 0 Å². The molecule has 182 valence electrons. The van der Waals surface area contributed by atoms with Crippen molar-refractivity contribution in [2.24, 2.45) is 0 Å². The Labute approximate surface area is 210 Å². The van der Waals surface area contributed by atoms with Crippen LogP contribution in [-0.4, -0.2) is 35.3 Å². The molecule has 2 heterocycles. The molecule has 0 bridgehead atoms. The number of hydrogen-bond acceptors (Lipinski definition) is 3. The van der Waals surface area contributed by atoms with E-state index in [-0.39, 0.29) is 5.91 Å². The summed E-state index contributed by atoms with van der Waals surface area (Å²) in [7, 11) is 0. The summed E-state index contributed by atoms with van der Waals surface area (Å²) in [4.78, 5) is 17.8. The third-order valence-corrected chi connectivity index (χ3v) is 7.38. The Morgan fingerprint density at radius 3 is 2.20 bits per heavy atom. The summed E-state index contributed by atoms with van der Waals surface area (Å²) < 4.78 is 0. The fourth-order valence-corrected chi connectivity index (χ4v) is 5.38. The van der Waals surface area contributed by atoms with Gasteiger partial charge in [0.1, 0.15) is 0 Å². The molecule has 1 fully saturated rings. The maximum atomic E-state index is 12.8. The molecule has 3 aromatic rings. The predicted octanol–water partition coefficient (Wildman–Crippen LogP) is 5.55. The second-order valence-electron chi connectivity index (χ2n) is 10.1. The highest BCUT2D eigenvalue weighted by Crippen LogP contribution is 2.20. The lowest BCUT2D eigenvalue weighted by Crippen LogP contribution is -2.30. The van der Waals surface area contributed by atoms with Crippen molar-refractivity contribution in [1.29, 1.82) is 0 Å². The number of amides is 1. The van der Waals surface area contributed by atoms with Crippen molar-refractivity contribution >= 4 is 5.91 Å². The maximum Gasteiger partial charge on any atom is 0.251 e. The number of nitrogens with zero attached hydrogens (tertiary/aromatic N) is 2. The topological polar surface area (TPSA) is 35.6 Å². The zero-order chi connectivity index (χ0) is 23.9. The van der Waals surface area contributed by atoms with Gasteiger partial charge in [0.15, 0.2) is 0 Å². The van der Waals surface area contributed by atoms with Crippen LogP contribution in [0.2, 0.25) is 0 Å². The number of hydrogen-bond donors (Lipinski definition) is 1. The molecule has 4 nitrogen and oxygen atoms in total. The van der Waals surface area contributed by atoms with Gasteiger partial charge in [0.05, 0.1) is 0 Å². The van der Waals surface area contributed by atoms with Crippen LogP contribution < -0.4 is 5.32 Å². The predicted molar refractivity (Wildman–Crippen MR) is 142 cm³/mol. The molecule has 1 saturated heterocycles. The fraction of sp³-hybridized carbons (Fsp3) is 0.387. The average molecular weight is 468 g/mol. The van der Waals surface area contributed by atoms with Crippen LogP contribution in [-0.2, 0) is 32.6 Å². The summed E-state index contributed by atoms with van der Waals surface area (Å²) in [6, 6.07) is 25.5. The molecule has 0 atom stereocenters. The number of rotatable bonds is 7. The standard InChI is InChI=1S/C31H37N3O/c35-31(32-21-26-8-7-9-27(20-26)23-33-17-5-1-2-6-18-33)29-14-12-25(13-15-29)22-34-19-16-28-10-3-4-11-30(28)24-34/h3-4,7-15,20H,1-2,5-6,16-19,21-24H2,(H,32,35). The van der Waals surface area contributed by atoms with Crippen LogP contribution in [0.15, 0.2) is 72.8 Å². The zero-order valence-electron chi connectivity index (χ0n) is 20.7. The van der Waals surface area contributed by atoms with Gasteiger partial charge in [-0.2, -0.15) is 0 Å². The van der Waals surface area contributed by atoms with Gasteiger partial charge in [0, 0.05) is 38.3 Å². The number of nitrogens with one attached hydrogen (secondary N) is 1. The number of benzene rings is 3. The Morgan fingerprint density at radius 1 is 0.686 bits per heavy atom. The van der Waals surface area contributed by atoms with Crippen LogP contribution >= 0.6 is 0 Å². The molecule has 5 rings (SSSR count). The van der Waals surface area contributed by atoms with E-state index in [1.807, 2.05) is 12.1 Å². The van der Waals surface area contributed by atoms with Crippen molar-refractivity contribution in [3.8, 4) is 0 Å². The SMILES string of the molecule is O=C(NCc1cccc(CN2CCCCCC2)c1)c1ccc(CN2CCc3ccccc3C2)cc1. The zero-order valence-corrected chi connectivity index (χ0v) is 20.7. The van der Waals surface area contributed by atoms with E-state index in [1.165, 1.54) is 61.0 Å². The highest BCUT2D eigenvalue weighted by Gasteiger charge is 2.16. The molecule has 1 amide bonds. The minimum atomic E-state index is -0.0126.